The summed E-state index contributed by atoms with van der Waals surface area (Å²) in [5.41, 5.74) is 15.4. The van der Waals surface area contributed by atoms with Gasteiger partial charge >= 0.3 is 0 Å². The summed E-state index contributed by atoms with van der Waals surface area (Å²) in [5.74, 6) is 1.81. The standard InChI is InChI=1S/C63H40N6/c1-5-19-41(20-6-1)45-37-46(42-21-7-2-8-22-42)39-48(38-45)68-55-32-18-15-29-52(55)60-57(68)36-35-56-59(60)51-28-14-17-31-54(51)67(56)47-33-34-50-49-27-13-16-30-53(49)69(58(50)40-47)63-65-61(43-23-9-3-10-24-43)64-62(66-63)44-25-11-4-12-26-44/h1-40H. The summed E-state index contributed by atoms with van der Waals surface area (Å²) in [6.07, 6.45) is 0. The lowest BCUT2D eigenvalue weighted by molar-refractivity contribution is 0.953. The zero-order valence-corrected chi connectivity index (χ0v) is 37.3. The van der Waals surface area contributed by atoms with Crippen LogP contribution in [0.25, 0.3) is 128 Å². The van der Waals surface area contributed by atoms with Crippen LogP contribution in [0.15, 0.2) is 243 Å². The van der Waals surface area contributed by atoms with Gasteiger partial charge in [-0.1, -0.05) is 182 Å². The van der Waals surface area contributed by atoms with Crippen LogP contribution < -0.4 is 0 Å². The number of benzene rings is 10. The van der Waals surface area contributed by atoms with E-state index >= 15 is 0 Å². The Morgan fingerprint density at radius 2 is 0.638 bits per heavy atom. The van der Waals surface area contributed by atoms with Crippen LogP contribution in [0.1, 0.15) is 0 Å². The monoisotopic (exact) mass is 880 g/mol. The molecular weight excluding hydrogens is 841 g/mol. The molecule has 14 rings (SSSR count). The second-order valence-corrected chi connectivity index (χ2v) is 17.6. The van der Waals surface area contributed by atoms with Crippen molar-refractivity contribution in [2.75, 3.05) is 0 Å². The van der Waals surface area contributed by atoms with Gasteiger partial charge in [-0.05, 0) is 82.9 Å². The highest BCUT2D eigenvalue weighted by Gasteiger charge is 2.23. The molecule has 0 saturated heterocycles. The Hall–Kier alpha value is -9.39. The van der Waals surface area contributed by atoms with Crippen LogP contribution in [0.3, 0.4) is 0 Å². The molecule has 0 bridgehead atoms. The smallest absolute Gasteiger partial charge is 0.238 e. The van der Waals surface area contributed by atoms with Gasteiger partial charge in [0, 0.05) is 54.8 Å². The molecule has 0 aliphatic heterocycles. The third kappa shape index (κ3) is 6.23. The summed E-state index contributed by atoms with van der Waals surface area (Å²) >= 11 is 0. The van der Waals surface area contributed by atoms with Crippen LogP contribution >= 0.6 is 0 Å². The van der Waals surface area contributed by atoms with Crippen molar-refractivity contribution < 1.29 is 0 Å². The molecule has 6 nitrogen and oxygen atoms in total. The zero-order valence-electron chi connectivity index (χ0n) is 37.3. The van der Waals surface area contributed by atoms with E-state index in [1.54, 1.807) is 0 Å². The van der Waals surface area contributed by atoms with E-state index < -0.39 is 0 Å². The summed E-state index contributed by atoms with van der Waals surface area (Å²) in [7, 11) is 0. The first-order chi connectivity index (χ1) is 34.2. The fraction of sp³-hybridized carbons (Fsp3) is 0. The fourth-order valence-corrected chi connectivity index (χ4v) is 10.6. The van der Waals surface area contributed by atoms with Gasteiger partial charge in [0.15, 0.2) is 11.6 Å². The van der Waals surface area contributed by atoms with E-state index in [4.69, 9.17) is 15.0 Å². The molecule has 0 spiro atoms. The summed E-state index contributed by atoms with van der Waals surface area (Å²) < 4.78 is 7.10. The first kappa shape index (κ1) is 38.8. The van der Waals surface area contributed by atoms with Gasteiger partial charge in [-0.15, -0.1) is 0 Å². The van der Waals surface area contributed by atoms with E-state index in [0.29, 0.717) is 17.6 Å². The summed E-state index contributed by atoms with van der Waals surface area (Å²) in [6, 6.07) is 86.5. The minimum Gasteiger partial charge on any atom is -0.309 e. The molecule has 0 aliphatic rings. The van der Waals surface area contributed by atoms with Crippen LogP contribution in [0, 0.1) is 0 Å². The molecule has 6 heteroatoms. The third-order valence-corrected chi connectivity index (χ3v) is 13.7. The number of rotatable bonds is 7. The maximum atomic E-state index is 5.23. The summed E-state index contributed by atoms with van der Waals surface area (Å²) in [5, 5.41) is 7.11. The van der Waals surface area contributed by atoms with Crippen molar-refractivity contribution in [2.24, 2.45) is 0 Å². The Labute approximate surface area is 397 Å². The lowest BCUT2D eigenvalue weighted by Gasteiger charge is -2.14. The van der Waals surface area contributed by atoms with Crippen molar-refractivity contribution in [2.45, 2.75) is 0 Å². The number of para-hydroxylation sites is 3. The summed E-state index contributed by atoms with van der Waals surface area (Å²) in [4.78, 5) is 15.5. The Balaban J connectivity index is 1.02. The van der Waals surface area contributed by atoms with E-state index in [-0.39, 0.29) is 0 Å². The van der Waals surface area contributed by atoms with Gasteiger partial charge in [-0.2, -0.15) is 9.97 Å². The van der Waals surface area contributed by atoms with Crippen molar-refractivity contribution in [3.05, 3.63) is 243 Å². The first-order valence-corrected chi connectivity index (χ1v) is 23.4. The molecule has 0 aliphatic carbocycles. The number of aromatic nitrogens is 6. The SMILES string of the molecule is c1ccc(-c2cc(-c3ccccc3)cc(-n3c4ccccc4c4c5c6ccccc6n(-c6ccc7c8ccccc8n(-c8nc(-c9ccccc9)nc(-c9ccccc9)n8)c7c6)c5ccc43)c2)cc1. The van der Waals surface area contributed by atoms with Crippen molar-refractivity contribution >= 4 is 65.4 Å². The maximum absolute atomic E-state index is 5.23. The van der Waals surface area contributed by atoms with Crippen molar-refractivity contribution in [3.63, 3.8) is 0 Å². The summed E-state index contributed by atoms with van der Waals surface area (Å²) in [6.45, 7) is 0. The van der Waals surface area contributed by atoms with Crippen LogP contribution in [0.2, 0.25) is 0 Å². The second kappa shape index (κ2) is 15.6. The molecule has 0 atom stereocenters. The Morgan fingerprint density at radius 1 is 0.232 bits per heavy atom. The number of fused-ring (bicyclic) bond motifs is 10. The molecule has 0 fully saturated rings. The van der Waals surface area contributed by atoms with Gasteiger partial charge < -0.3 is 9.13 Å². The molecular formula is C63H40N6. The van der Waals surface area contributed by atoms with Gasteiger partial charge in [0.1, 0.15) is 0 Å². The van der Waals surface area contributed by atoms with Gasteiger partial charge in [0.2, 0.25) is 5.95 Å². The molecule has 0 unspecified atom stereocenters. The fourth-order valence-electron chi connectivity index (χ4n) is 10.6. The lowest BCUT2D eigenvalue weighted by Crippen LogP contribution is -2.06. The molecule has 10 aromatic carbocycles. The normalized spacial score (nSPS) is 11.8. The maximum Gasteiger partial charge on any atom is 0.238 e. The average Bonchev–Trinajstić information content (AvgIpc) is 4.07. The van der Waals surface area contributed by atoms with Gasteiger partial charge in [0.25, 0.3) is 0 Å². The Kier molecular flexibility index (Phi) is 8.79. The predicted molar refractivity (Wildman–Crippen MR) is 285 cm³/mol. The quantitative estimate of drug-likeness (QED) is 0.160. The van der Waals surface area contributed by atoms with Crippen LogP contribution in [-0.4, -0.2) is 28.7 Å². The highest BCUT2D eigenvalue weighted by atomic mass is 15.2. The Bertz CT molecular complexity index is 4170. The predicted octanol–water partition coefficient (Wildman–Crippen LogP) is 15.8. The highest BCUT2D eigenvalue weighted by Crippen LogP contribution is 2.44. The second-order valence-electron chi connectivity index (χ2n) is 17.6. The van der Waals surface area contributed by atoms with E-state index in [1.165, 1.54) is 43.8 Å². The molecule has 0 saturated carbocycles. The molecule has 0 N–H and O–H groups in total. The minimum atomic E-state index is 0.564. The van der Waals surface area contributed by atoms with Crippen molar-refractivity contribution in [3.8, 4) is 62.4 Å². The van der Waals surface area contributed by atoms with E-state index in [2.05, 4.69) is 220 Å². The molecule has 4 heterocycles. The van der Waals surface area contributed by atoms with Crippen LogP contribution in [-0.2, 0) is 0 Å². The van der Waals surface area contributed by atoms with Gasteiger partial charge in [-0.3, -0.25) is 4.57 Å². The van der Waals surface area contributed by atoms with Crippen LogP contribution in [0.5, 0.6) is 0 Å². The molecule has 322 valence electrons. The van der Waals surface area contributed by atoms with E-state index in [9.17, 15) is 0 Å². The number of nitrogens with zero attached hydrogens (tertiary/aromatic N) is 6. The zero-order chi connectivity index (χ0) is 45.4. The average molecular weight is 881 g/mol. The van der Waals surface area contributed by atoms with E-state index in [1.807, 2.05) is 36.4 Å². The largest absolute Gasteiger partial charge is 0.309 e. The van der Waals surface area contributed by atoms with Gasteiger partial charge in [-0.25, -0.2) is 4.98 Å². The molecule has 69 heavy (non-hydrogen) atoms. The molecule has 14 aromatic rings. The first-order valence-electron chi connectivity index (χ1n) is 23.4. The number of hydrogen-bond donors (Lipinski definition) is 0. The Morgan fingerprint density at radius 3 is 1.14 bits per heavy atom. The minimum absolute atomic E-state index is 0.564. The lowest BCUT2D eigenvalue weighted by atomic mass is 9.98. The molecule has 0 radical (unpaired) electrons. The van der Waals surface area contributed by atoms with Crippen LogP contribution in [0.4, 0.5) is 0 Å². The topological polar surface area (TPSA) is 53.5 Å². The molecule has 0 amide bonds. The third-order valence-electron chi connectivity index (χ3n) is 13.7. The number of hydrogen-bond acceptors (Lipinski definition) is 3. The highest BCUT2D eigenvalue weighted by molar-refractivity contribution is 6.29. The molecule has 4 aromatic heterocycles. The van der Waals surface area contributed by atoms with Crippen molar-refractivity contribution in [1.29, 1.82) is 0 Å². The van der Waals surface area contributed by atoms with Crippen molar-refractivity contribution in [1.82, 2.24) is 28.7 Å². The van der Waals surface area contributed by atoms with E-state index in [0.717, 1.165) is 66.4 Å². The van der Waals surface area contributed by atoms with Gasteiger partial charge in [0.05, 0.1) is 33.1 Å².